The third-order valence-corrected chi connectivity index (χ3v) is 1.93. The molecule has 0 spiro atoms. The van der Waals surface area contributed by atoms with Crippen LogP contribution in [0.4, 0.5) is 0 Å². The Kier molecular flexibility index (Phi) is 1.50. The summed E-state index contributed by atoms with van der Waals surface area (Å²) in [7, 11) is 0. The predicted molar refractivity (Wildman–Crippen MR) is 46.1 cm³/mol. The van der Waals surface area contributed by atoms with Crippen molar-refractivity contribution in [2.24, 2.45) is 0 Å². The molecule has 2 aromatic rings. The van der Waals surface area contributed by atoms with Gasteiger partial charge >= 0.3 is 0 Å². The molecular formula is C9H9NO2. The maximum atomic E-state index is 11.5. The van der Waals surface area contributed by atoms with Crippen LogP contribution in [-0.4, -0.2) is 4.57 Å². The monoisotopic (exact) mass is 163 g/mol. The van der Waals surface area contributed by atoms with E-state index in [0.717, 1.165) is 0 Å². The second kappa shape index (κ2) is 2.52. The summed E-state index contributed by atoms with van der Waals surface area (Å²) >= 11 is 0. The van der Waals surface area contributed by atoms with Crippen LogP contribution in [-0.2, 0) is 6.54 Å². The Labute approximate surface area is 69.2 Å². The van der Waals surface area contributed by atoms with Gasteiger partial charge in [-0.2, -0.15) is 0 Å². The first kappa shape index (κ1) is 7.16. The van der Waals surface area contributed by atoms with E-state index in [0.29, 0.717) is 17.5 Å². The fraction of sp³-hybridized carbons (Fsp3) is 0.222. The lowest BCUT2D eigenvalue weighted by Crippen LogP contribution is -2.17. The summed E-state index contributed by atoms with van der Waals surface area (Å²) in [5, 5.41) is 0.652. The first-order chi connectivity index (χ1) is 5.83. The Morgan fingerprint density at radius 1 is 1.50 bits per heavy atom. The fourth-order valence-corrected chi connectivity index (χ4v) is 1.26. The molecule has 3 nitrogen and oxygen atoms in total. The van der Waals surface area contributed by atoms with E-state index in [1.807, 2.05) is 6.92 Å². The molecule has 2 heterocycles. The Morgan fingerprint density at radius 3 is 3.08 bits per heavy atom. The molecule has 3 heteroatoms. The highest BCUT2D eigenvalue weighted by atomic mass is 16.3. The zero-order valence-corrected chi connectivity index (χ0v) is 6.78. The van der Waals surface area contributed by atoms with Gasteiger partial charge in [0.15, 0.2) is 0 Å². The number of aromatic nitrogens is 1. The minimum atomic E-state index is 0.0174. The molecule has 2 aromatic heterocycles. The Hall–Kier alpha value is -1.51. The van der Waals surface area contributed by atoms with Crippen LogP contribution in [0.3, 0.4) is 0 Å². The number of nitrogens with zero attached hydrogens (tertiary/aromatic N) is 1. The van der Waals surface area contributed by atoms with Crippen LogP contribution >= 0.6 is 0 Å². The van der Waals surface area contributed by atoms with Gasteiger partial charge in [0.05, 0.1) is 11.6 Å². The van der Waals surface area contributed by atoms with Gasteiger partial charge in [-0.05, 0) is 19.1 Å². The lowest BCUT2D eigenvalue weighted by Gasteiger charge is -1.98. The van der Waals surface area contributed by atoms with Crippen LogP contribution in [0.15, 0.2) is 33.8 Å². The van der Waals surface area contributed by atoms with E-state index in [1.165, 1.54) is 6.26 Å². The SMILES string of the molecule is CCn1ccc2occc2c1=O. The number of hydrogen-bond acceptors (Lipinski definition) is 2. The molecule has 0 aliphatic carbocycles. The van der Waals surface area contributed by atoms with Crippen LogP contribution < -0.4 is 5.56 Å². The molecule has 12 heavy (non-hydrogen) atoms. The normalized spacial score (nSPS) is 10.8. The molecule has 0 radical (unpaired) electrons. The highest BCUT2D eigenvalue weighted by Gasteiger charge is 2.02. The van der Waals surface area contributed by atoms with Crippen LogP contribution in [0.1, 0.15) is 6.92 Å². The van der Waals surface area contributed by atoms with Crippen molar-refractivity contribution in [1.29, 1.82) is 0 Å². The number of pyridine rings is 1. The van der Waals surface area contributed by atoms with Gasteiger partial charge in [-0.25, -0.2) is 0 Å². The molecule has 0 saturated carbocycles. The number of furan rings is 1. The summed E-state index contributed by atoms with van der Waals surface area (Å²) in [5.74, 6) is 0. The van der Waals surface area contributed by atoms with Crippen molar-refractivity contribution < 1.29 is 4.42 Å². The quantitative estimate of drug-likeness (QED) is 0.640. The maximum Gasteiger partial charge on any atom is 0.261 e. The molecule has 0 unspecified atom stereocenters. The van der Waals surface area contributed by atoms with Gasteiger partial charge in [0.2, 0.25) is 0 Å². The van der Waals surface area contributed by atoms with Gasteiger partial charge in [-0.1, -0.05) is 0 Å². The molecular weight excluding hydrogens is 154 g/mol. The third-order valence-electron chi connectivity index (χ3n) is 1.93. The third kappa shape index (κ3) is 0.863. The van der Waals surface area contributed by atoms with Crippen molar-refractivity contribution >= 4 is 11.0 Å². The summed E-state index contributed by atoms with van der Waals surface area (Å²) in [6.07, 6.45) is 3.28. The van der Waals surface area contributed by atoms with Gasteiger partial charge < -0.3 is 8.98 Å². The minimum absolute atomic E-state index is 0.0174. The average molecular weight is 163 g/mol. The molecule has 0 bridgehead atoms. The molecule has 0 aromatic carbocycles. The number of aryl methyl sites for hydroxylation is 1. The van der Waals surface area contributed by atoms with Crippen LogP contribution in [0, 0.1) is 0 Å². The topological polar surface area (TPSA) is 35.1 Å². The standard InChI is InChI=1S/C9H9NO2/c1-2-10-5-3-8-7(9(10)11)4-6-12-8/h3-6H,2H2,1H3. The molecule has 62 valence electrons. The van der Waals surface area contributed by atoms with Crippen LogP contribution in [0.25, 0.3) is 11.0 Å². The zero-order chi connectivity index (χ0) is 8.55. The molecule has 0 fully saturated rings. The summed E-state index contributed by atoms with van der Waals surface area (Å²) in [6.45, 7) is 2.63. The van der Waals surface area contributed by atoms with Crippen LogP contribution in [0.5, 0.6) is 0 Å². The largest absolute Gasteiger partial charge is 0.464 e. The Morgan fingerprint density at radius 2 is 2.33 bits per heavy atom. The van der Waals surface area contributed by atoms with Crippen molar-refractivity contribution in [2.45, 2.75) is 13.5 Å². The van der Waals surface area contributed by atoms with E-state index in [-0.39, 0.29) is 5.56 Å². The van der Waals surface area contributed by atoms with Crippen molar-refractivity contribution in [3.63, 3.8) is 0 Å². The first-order valence-corrected chi connectivity index (χ1v) is 3.89. The zero-order valence-electron chi connectivity index (χ0n) is 6.78. The first-order valence-electron chi connectivity index (χ1n) is 3.89. The molecule has 0 amide bonds. The highest BCUT2D eigenvalue weighted by molar-refractivity contribution is 5.75. The van der Waals surface area contributed by atoms with Gasteiger partial charge in [-0.3, -0.25) is 4.79 Å². The smallest absolute Gasteiger partial charge is 0.261 e. The van der Waals surface area contributed by atoms with Gasteiger partial charge in [-0.15, -0.1) is 0 Å². The molecule has 0 aliphatic heterocycles. The van der Waals surface area contributed by atoms with E-state index in [9.17, 15) is 4.79 Å². The van der Waals surface area contributed by atoms with E-state index >= 15 is 0 Å². The summed E-state index contributed by atoms with van der Waals surface area (Å²) in [6, 6.07) is 3.50. The van der Waals surface area contributed by atoms with Crippen molar-refractivity contribution in [3.8, 4) is 0 Å². The van der Waals surface area contributed by atoms with Crippen LogP contribution in [0.2, 0.25) is 0 Å². The molecule has 0 aliphatic rings. The number of hydrogen-bond donors (Lipinski definition) is 0. The molecule has 2 rings (SSSR count). The predicted octanol–water partition coefficient (Wildman–Crippen LogP) is 1.61. The summed E-state index contributed by atoms with van der Waals surface area (Å²) in [4.78, 5) is 11.5. The fourth-order valence-electron chi connectivity index (χ4n) is 1.26. The molecule has 0 atom stereocenters. The second-order valence-electron chi connectivity index (χ2n) is 2.61. The maximum absolute atomic E-state index is 11.5. The highest BCUT2D eigenvalue weighted by Crippen LogP contribution is 2.09. The summed E-state index contributed by atoms with van der Waals surface area (Å²) in [5.41, 5.74) is 0.674. The summed E-state index contributed by atoms with van der Waals surface area (Å²) < 4.78 is 6.74. The van der Waals surface area contributed by atoms with Crippen molar-refractivity contribution in [2.75, 3.05) is 0 Å². The Bertz CT molecular complexity index is 453. The van der Waals surface area contributed by atoms with E-state index < -0.39 is 0 Å². The lowest BCUT2D eigenvalue weighted by molar-refractivity contribution is 0.613. The molecule has 0 saturated heterocycles. The van der Waals surface area contributed by atoms with E-state index in [2.05, 4.69) is 0 Å². The van der Waals surface area contributed by atoms with Gasteiger partial charge in [0.25, 0.3) is 5.56 Å². The second-order valence-corrected chi connectivity index (χ2v) is 2.61. The lowest BCUT2D eigenvalue weighted by atomic mass is 10.3. The average Bonchev–Trinajstić information content (AvgIpc) is 2.53. The van der Waals surface area contributed by atoms with E-state index in [1.54, 1.807) is 22.9 Å². The van der Waals surface area contributed by atoms with Crippen molar-refractivity contribution in [3.05, 3.63) is 34.9 Å². The van der Waals surface area contributed by atoms with Crippen molar-refractivity contribution in [1.82, 2.24) is 4.57 Å². The van der Waals surface area contributed by atoms with Gasteiger partial charge in [0.1, 0.15) is 5.58 Å². The number of rotatable bonds is 1. The van der Waals surface area contributed by atoms with E-state index in [4.69, 9.17) is 4.42 Å². The van der Waals surface area contributed by atoms with Gasteiger partial charge in [0, 0.05) is 12.7 Å². The molecule has 0 N–H and O–H groups in total. The Balaban J connectivity index is 2.88. The number of fused-ring (bicyclic) bond motifs is 1. The minimum Gasteiger partial charge on any atom is -0.464 e.